The number of carboxylic acid groups (broad SMARTS) is 1. The molecule has 0 aliphatic carbocycles. The van der Waals surface area contributed by atoms with Crippen LogP contribution in [0.5, 0.6) is 5.75 Å². The lowest BCUT2D eigenvalue weighted by Gasteiger charge is -2.09. The van der Waals surface area contributed by atoms with E-state index in [0.717, 1.165) is 19.3 Å². The van der Waals surface area contributed by atoms with Crippen LogP contribution in [0.15, 0.2) is 30.3 Å². The Labute approximate surface area is 114 Å². The van der Waals surface area contributed by atoms with E-state index >= 15 is 0 Å². The van der Waals surface area contributed by atoms with Crippen LogP contribution in [-0.2, 0) is 4.79 Å². The van der Waals surface area contributed by atoms with Crippen LogP contribution in [0, 0.1) is 0 Å². The Kier molecular flexibility index (Phi) is 6.72. The molecule has 0 aromatic heterocycles. The second-order valence-corrected chi connectivity index (χ2v) is 4.47. The molecule has 0 radical (unpaired) electrons. The molecule has 1 N–H and O–H groups in total. The van der Waals surface area contributed by atoms with E-state index < -0.39 is 5.97 Å². The fraction of sp³-hybridized carbons (Fsp3) is 0.438. The fourth-order valence-electron chi connectivity index (χ4n) is 2.00. The summed E-state index contributed by atoms with van der Waals surface area (Å²) in [6.07, 6.45) is 7.15. The van der Waals surface area contributed by atoms with Crippen molar-refractivity contribution in [3.63, 3.8) is 0 Å². The van der Waals surface area contributed by atoms with Gasteiger partial charge in [-0.3, -0.25) is 0 Å². The Morgan fingerprint density at radius 1 is 1.26 bits per heavy atom. The summed E-state index contributed by atoms with van der Waals surface area (Å²) in [7, 11) is 1.56. The SMILES string of the molecule is CCCCCCC=C(C(=O)O)c1ccccc1OC. The van der Waals surface area contributed by atoms with Gasteiger partial charge in [0.1, 0.15) is 5.75 Å². The van der Waals surface area contributed by atoms with Gasteiger partial charge in [-0.15, -0.1) is 0 Å². The number of methoxy groups -OCH3 is 1. The van der Waals surface area contributed by atoms with Crippen molar-refractivity contribution < 1.29 is 14.6 Å². The first kappa shape index (κ1) is 15.3. The molecule has 0 aliphatic rings. The van der Waals surface area contributed by atoms with Crippen molar-refractivity contribution >= 4 is 11.5 Å². The standard InChI is InChI=1S/C16H22O3/c1-3-4-5-6-7-11-14(16(17)18)13-10-8-9-12-15(13)19-2/h8-12H,3-7H2,1-2H3,(H,17,18). The molecular weight excluding hydrogens is 240 g/mol. The van der Waals surface area contributed by atoms with Crippen molar-refractivity contribution in [3.05, 3.63) is 35.9 Å². The number of aliphatic carboxylic acids is 1. The number of allylic oxidation sites excluding steroid dienone is 1. The van der Waals surface area contributed by atoms with Crippen molar-refractivity contribution in [2.45, 2.75) is 39.0 Å². The number of ether oxygens (including phenoxy) is 1. The van der Waals surface area contributed by atoms with Crippen LogP contribution in [0.1, 0.15) is 44.6 Å². The zero-order chi connectivity index (χ0) is 14.1. The molecule has 0 bridgehead atoms. The van der Waals surface area contributed by atoms with E-state index in [1.165, 1.54) is 12.8 Å². The quantitative estimate of drug-likeness (QED) is 0.566. The second-order valence-electron chi connectivity index (χ2n) is 4.47. The van der Waals surface area contributed by atoms with Crippen molar-refractivity contribution in [1.82, 2.24) is 0 Å². The van der Waals surface area contributed by atoms with Crippen LogP contribution < -0.4 is 4.74 Å². The number of hydrogen-bond donors (Lipinski definition) is 1. The van der Waals surface area contributed by atoms with E-state index in [2.05, 4.69) is 6.92 Å². The van der Waals surface area contributed by atoms with Crippen LogP contribution in [0.3, 0.4) is 0 Å². The van der Waals surface area contributed by atoms with Crippen molar-refractivity contribution in [1.29, 1.82) is 0 Å². The van der Waals surface area contributed by atoms with Gasteiger partial charge in [-0.2, -0.15) is 0 Å². The van der Waals surface area contributed by atoms with Crippen LogP contribution in [-0.4, -0.2) is 18.2 Å². The van der Waals surface area contributed by atoms with Gasteiger partial charge < -0.3 is 9.84 Å². The van der Waals surface area contributed by atoms with Crippen LogP contribution in [0.25, 0.3) is 5.57 Å². The first-order valence-corrected chi connectivity index (χ1v) is 6.77. The van der Waals surface area contributed by atoms with Crippen molar-refractivity contribution in [2.24, 2.45) is 0 Å². The summed E-state index contributed by atoms with van der Waals surface area (Å²) in [5.41, 5.74) is 0.974. The van der Waals surface area contributed by atoms with Crippen LogP contribution in [0.4, 0.5) is 0 Å². The third kappa shape index (κ3) is 4.78. The van der Waals surface area contributed by atoms with Gasteiger partial charge in [0.25, 0.3) is 0 Å². The molecule has 0 saturated carbocycles. The number of benzene rings is 1. The molecule has 1 aromatic rings. The first-order chi connectivity index (χ1) is 9.20. The third-order valence-electron chi connectivity index (χ3n) is 3.03. The van der Waals surface area contributed by atoms with Crippen LogP contribution >= 0.6 is 0 Å². The Hall–Kier alpha value is -1.77. The summed E-state index contributed by atoms with van der Waals surface area (Å²) in [6.45, 7) is 2.16. The fourth-order valence-corrected chi connectivity index (χ4v) is 2.00. The highest BCUT2D eigenvalue weighted by molar-refractivity contribution is 6.16. The van der Waals surface area contributed by atoms with Crippen LogP contribution in [0.2, 0.25) is 0 Å². The second kappa shape index (κ2) is 8.35. The molecule has 0 atom stereocenters. The molecule has 1 rings (SSSR count). The molecule has 0 aliphatic heterocycles. The van der Waals surface area contributed by atoms with E-state index in [1.54, 1.807) is 25.3 Å². The van der Waals surface area contributed by atoms with E-state index in [0.29, 0.717) is 16.9 Å². The predicted molar refractivity (Wildman–Crippen MR) is 77.4 cm³/mol. The Bertz CT molecular complexity index is 435. The highest BCUT2D eigenvalue weighted by Crippen LogP contribution is 2.26. The summed E-state index contributed by atoms with van der Waals surface area (Å²) in [5.74, 6) is -0.301. The number of hydrogen-bond acceptors (Lipinski definition) is 2. The Morgan fingerprint density at radius 3 is 2.63 bits per heavy atom. The lowest BCUT2D eigenvalue weighted by molar-refractivity contribution is -0.130. The number of carbonyl (C=O) groups is 1. The zero-order valence-electron chi connectivity index (χ0n) is 11.7. The maximum Gasteiger partial charge on any atom is 0.336 e. The lowest BCUT2D eigenvalue weighted by Crippen LogP contribution is -2.02. The van der Waals surface area contributed by atoms with Crippen molar-refractivity contribution in [2.75, 3.05) is 7.11 Å². The zero-order valence-corrected chi connectivity index (χ0v) is 11.7. The normalized spacial score (nSPS) is 11.4. The average molecular weight is 262 g/mol. The summed E-state index contributed by atoms with van der Waals surface area (Å²) < 4.78 is 5.22. The molecule has 0 amide bonds. The molecule has 19 heavy (non-hydrogen) atoms. The molecule has 0 saturated heterocycles. The maximum absolute atomic E-state index is 11.4. The van der Waals surface area contributed by atoms with Gasteiger partial charge in [-0.05, 0) is 18.9 Å². The molecule has 0 fully saturated rings. The minimum atomic E-state index is -0.903. The largest absolute Gasteiger partial charge is 0.496 e. The molecule has 0 unspecified atom stereocenters. The average Bonchev–Trinajstić information content (AvgIpc) is 2.42. The van der Waals surface area contributed by atoms with Gasteiger partial charge in [-0.1, -0.05) is 50.5 Å². The van der Waals surface area contributed by atoms with Gasteiger partial charge in [0.2, 0.25) is 0 Å². The van der Waals surface area contributed by atoms with E-state index in [4.69, 9.17) is 4.74 Å². The van der Waals surface area contributed by atoms with E-state index in [-0.39, 0.29) is 0 Å². The molecule has 3 nitrogen and oxygen atoms in total. The molecule has 3 heteroatoms. The molecule has 1 aromatic carbocycles. The van der Waals surface area contributed by atoms with Gasteiger partial charge in [0.05, 0.1) is 12.7 Å². The molecule has 104 valence electrons. The summed E-state index contributed by atoms with van der Waals surface area (Å²) >= 11 is 0. The lowest BCUT2D eigenvalue weighted by atomic mass is 10.0. The highest BCUT2D eigenvalue weighted by atomic mass is 16.5. The van der Waals surface area contributed by atoms with E-state index in [9.17, 15) is 9.90 Å². The van der Waals surface area contributed by atoms with Gasteiger partial charge in [0.15, 0.2) is 0 Å². The number of rotatable bonds is 8. The Balaban J connectivity index is 2.82. The minimum absolute atomic E-state index is 0.328. The minimum Gasteiger partial charge on any atom is -0.496 e. The highest BCUT2D eigenvalue weighted by Gasteiger charge is 2.14. The number of unbranched alkanes of at least 4 members (excludes halogenated alkanes) is 4. The summed E-state index contributed by atoms with van der Waals surface area (Å²) in [6, 6.07) is 7.22. The topological polar surface area (TPSA) is 46.5 Å². The Morgan fingerprint density at radius 2 is 2.00 bits per heavy atom. The van der Waals surface area contributed by atoms with E-state index in [1.807, 2.05) is 12.1 Å². The van der Waals surface area contributed by atoms with Gasteiger partial charge in [0, 0.05) is 5.56 Å². The smallest absolute Gasteiger partial charge is 0.336 e. The van der Waals surface area contributed by atoms with Gasteiger partial charge >= 0.3 is 5.97 Å². The summed E-state index contributed by atoms with van der Waals surface area (Å²) in [5, 5.41) is 9.33. The molecule has 0 heterocycles. The first-order valence-electron chi connectivity index (χ1n) is 6.77. The molecule has 0 spiro atoms. The maximum atomic E-state index is 11.4. The summed E-state index contributed by atoms with van der Waals surface area (Å²) in [4.78, 5) is 11.4. The predicted octanol–water partition coefficient (Wildman–Crippen LogP) is 4.13. The number of para-hydroxylation sites is 1. The van der Waals surface area contributed by atoms with Crippen molar-refractivity contribution in [3.8, 4) is 5.75 Å². The third-order valence-corrected chi connectivity index (χ3v) is 3.03. The number of carboxylic acids is 1. The van der Waals surface area contributed by atoms with Gasteiger partial charge in [-0.25, -0.2) is 4.79 Å². The monoisotopic (exact) mass is 262 g/mol. The molecular formula is C16H22O3.